The minimum atomic E-state index is -0.109. The summed E-state index contributed by atoms with van der Waals surface area (Å²) in [6.07, 6.45) is 2.99. The van der Waals surface area contributed by atoms with Gasteiger partial charge in [0.2, 0.25) is 0 Å². The van der Waals surface area contributed by atoms with Crippen molar-refractivity contribution in [2.45, 2.75) is 25.3 Å². The lowest BCUT2D eigenvalue weighted by Gasteiger charge is -2.19. The first-order chi connectivity index (χ1) is 8.20. The number of amides is 1. The zero-order chi connectivity index (χ0) is 12.3. The lowest BCUT2D eigenvalue weighted by molar-refractivity contribution is 0.0916. The van der Waals surface area contributed by atoms with Gasteiger partial charge in [0.05, 0.1) is 0 Å². The van der Waals surface area contributed by atoms with E-state index in [0.717, 1.165) is 19.3 Å². The fourth-order valence-electron chi connectivity index (χ4n) is 2.38. The molecule has 1 aliphatic rings. The highest BCUT2D eigenvalue weighted by atomic mass is 16.3. The molecule has 1 amide bonds. The van der Waals surface area contributed by atoms with Gasteiger partial charge < -0.3 is 16.2 Å². The van der Waals surface area contributed by atoms with Crippen LogP contribution in [0.1, 0.15) is 29.6 Å². The SMILES string of the molecule is Nc1cccc(C(=O)NC2CCCC2CO)c1. The number of aliphatic hydroxyl groups is 1. The summed E-state index contributed by atoms with van der Waals surface area (Å²) in [5.74, 6) is 0.0858. The monoisotopic (exact) mass is 234 g/mol. The van der Waals surface area contributed by atoms with Crippen molar-refractivity contribution in [3.8, 4) is 0 Å². The van der Waals surface area contributed by atoms with Crippen LogP contribution in [0.2, 0.25) is 0 Å². The van der Waals surface area contributed by atoms with Gasteiger partial charge >= 0.3 is 0 Å². The molecular weight excluding hydrogens is 216 g/mol. The average Bonchev–Trinajstić information content (AvgIpc) is 2.76. The first-order valence-corrected chi connectivity index (χ1v) is 5.98. The van der Waals surface area contributed by atoms with Crippen molar-refractivity contribution < 1.29 is 9.90 Å². The van der Waals surface area contributed by atoms with Crippen molar-refractivity contribution in [1.29, 1.82) is 0 Å². The number of hydrogen-bond acceptors (Lipinski definition) is 3. The fourth-order valence-corrected chi connectivity index (χ4v) is 2.38. The molecule has 0 radical (unpaired) electrons. The second kappa shape index (κ2) is 5.19. The van der Waals surface area contributed by atoms with E-state index in [2.05, 4.69) is 5.32 Å². The summed E-state index contributed by atoms with van der Waals surface area (Å²) in [5.41, 5.74) is 6.80. The number of nitrogens with two attached hydrogens (primary N) is 1. The lowest BCUT2D eigenvalue weighted by Crippen LogP contribution is -2.38. The molecule has 1 saturated carbocycles. The minimum Gasteiger partial charge on any atom is -0.399 e. The maximum Gasteiger partial charge on any atom is 0.251 e. The number of carbonyl (C=O) groups excluding carboxylic acids is 1. The molecule has 0 heterocycles. The number of anilines is 1. The van der Waals surface area contributed by atoms with Gasteiger partial charge in [0.1, 0.15) is 0 Å². The average molecular weight is 234 g/mol. The van der Waals surface area contributed by atoms with Gasteiger partial charge in [-0.2, -0.15) is 0 Å². The Bertz CT molecular complexity index is 406. The lowest BCUT2D eigenvalue weighted by atomic mass is 10.0. The Morgan fingerprint density at radius 2 is 2.29 bits per heavy atom. The summed E-state index contributed by atoms with van der Waals surface area (Å²) in [6.45, 7) is 0.141. The Morgan fingerprint density at radius 1 is 1.47 bits per heavy atom. The van der Waals surface area contributed by atoms with Crippen LogP contribution in [-0.4, -0.2) is 23.7 Å². The highest BCUT2D eigenvalue weighted by Crippen LogP contribution is 2.25. The molecule has 2 atom stereocenters. The third-order valence-electron chi connectivity index (χ3n) is 3.36. The predicted octanol–water partition coefficient (Wildman–Crippen LogP) is 1.16. The molecule has 2 unspecified atom stereocenters. The third-order valence-corrected chi connectivity index (χ3v) is 3.36. The maximum absolute atomic E-state index is 12.0. The highest BCUT2D eigenvalue weighted by molar-refractivity contribution is 5.95. The van der Waals surface area contributed by atoms with Crippen LogP contribution in [-0.2, 0) is 0 Å². The molecule has 17 heavy (non-hydrogen) atoms. The number of rotatable bonds is 3. The summed E-state index contributed by atoms with van der Waals surface area (Å²) in [5, 5.41) is 12.2. The molecule has 0 bridgehead atoms. The maximum atomic E-state index is 12.0. The van der Waals surface area contributed by atoms with Crippen LogP contribution in [0.4, 0.5) is 5.69 Å². The Balaban J connectivity index is 2.01. The quantitative estimate of drug-likeness (QED) is 0.687. The van der Waals surface area contributed by atoms with E-state index in [-0.39, 0.29) is 24.5 Å². The number of nitrogens with one attached hydrogen (secondary N) is 1. The van der Waals surface area contributed by atoms with E-state index in [4.69, 9.17) is 5.73 Å². The largest absolute Gasteiger partial charge is 0.399 e. The van der Waals surface area contributed by atoms with Gasteiger partial charge in [-0.05, 0) is 31.0 Å². The van der Waals surface area contributed by atoms with Crippen molar-refractivity contribution in [2.24, 2.45) is 5.92 Å². The Morgan fingerprint density at radius 3 is 3.00 bits per heavy atom. The summed E-state index contributed by atoms with van der Waals surface area (Å²) < 4.78 is 0. The number of aliphatic hydroxyl groups excluding tert-OH is 1. The molecule has 1 aromatic carbocycles. The topological polar surface area (TPSA) is 75.4 Å². The van der Waals surface area contributed by atoms with Crippen LogP contribution in [0.15, 0.2) is 24.3 Å². The van der Waals surface area contributed by atoms with Gasteiger partial charge in [-0.3, -0.25) is 4.79 Å². The van der Waals surface area contributed by atoms with E-state index in [1.54, 1.807) is 24.3 Å². The molecule has 1 fully saturated rings. The fraction of sp³-hybridized carbons (Fsp3) is 0.462. The highest BCUT2D eigenvalue weighted by Gasteiger charge is 2.27. The van der Waals surface area contributed by atoms with E-state index in [1.807, 2.05) is 0 Å². The zero-order valence-corrected chi connectivity index (χ0v) is 9.73. The normalized spacial score (nSPS) is 23.6. The molecule has 4 N–H and O–H groups in total. The molecule has 4 nitrogen and oxygen atoms in total. The molecule has 0 aromatic heterocycles. The van der Waals surface area contributed by atoms with E-state index < -0.39 is 0 Å². The van der Waals surface area contributed by atoms with Gasteiger partial charge in [-0.25, -0.2) is 0 Å². The summed E-state index contributed by atoms with van der Waals surface area (Å²) >= 11 is 0. The molecule has 0 aliphatic heterocycles. The molecular formula is C13H18N2O2. The van der Waals surface area contributed by atoms with E-state index in [1.165, 1.54) is 0 Å². The number of benzene rings is 1. The Hall–Kier alpha value is -1.55. The van der Waals surface area contributed by atoms with Crippen molar-refractivity contribution in [3.63, 3.8) is 0 Å². The molecule has 2 rings (SSSR count). The Kier molecular flexibility index (Phi) is 3.64. The van der Waals surface area contributed by atoms with E-state index in [9.17, 15) is 9.90 Å². The number of carbonyl (C=O) groups is 1. The van der Waals surface area contributed by atoms with Crippen LogP contribution >= 0.6 is 0 Å². The molecule has 0 saturated heterocycles. The second-order valence-electron chi connectivity index (χ2n) is 4.58. The van der Waals surface area contributed by atoms with Gasteiger partial charge in [0.25, 0.3) is 5.91 Å². The van der Waals surface area contributed by atoms with E-state index >= 15 is 0 Å². The van der Waals surface area contributed by atoms with Crippen LogP contribution in [0.3, 0.4) is 0 Å². The van der Waals surface area contributed by atoms with E-state index in [0.29, 0.717) is 11.3 Å². The van der Waals surface area contributed by atoms with Gasteiger partial charge in [-0.15, -0.1) is 0 Å². The predicted molar refractivity (Wildman–Crippen MR) is 66.5 cm³/mol. The zero-order valence-electron chi connectivity index (χ0n) is 9.73. The number of hydrogen-bond donors (Lipinski definition) is 3. The van der Waals surface area contributed by atoms with Crippen LogP contribution in [0.5, 0.6) is 0 Å². The van der Waals surface area contributed by atoms with Crippen LogP contribution in [0.25, 0.3) is 0 Å². The Labute approximate surface area is 101 Å². The van der Waals surface area contributed by atoms with Crippen molar-refractivity contribution in [2.75, 3.05) is 12.3 Å². The summed E-state index contributed by atoms with van der Waals surface area (Å²) in [4.78, 5) is 12.0. The third kappa shape index (κ3) is 2.77. The van der Waals surface area contributed by atoms with Gasteiger partial charge in [0.15, 0.2) is 0 Å². The molecule has 1 aliphatic carbocycles. The summed E-state index contributed by atoms with van der Waals surface area (Å²) in [6, 6.07) is 7.02. The first-order valence-electron chi connectivity index (χ1n) is 5.98. The molecule has 4 heteroatoms. The first kappa shape index (κ1) is 11.9. The van der Waals surface area contributed by atoms with Crippen LogP contribution in [0, 0.1) is 5.92 Å². The minimum absolute atomic E-state index is 0.0916. The van der Waals surface area contributed by atoms with Crippen molar-refractivity contribution in [1.82, 2.24) is 5.32 Å². The summed E-state index contributed by atoms with van der Waals surface area (Å²) in [7, 11) is 0. The van der Waals surface area contributed by atoms with Gasteiger partial charge in [0, 0.05) is 29.8 Å². The second-order valence-corrected chi connectivity index (χ2v) is 4.58. The molecule has 92 valence electrons. The van der Waals surface area contributed by atoms with Crippen molar-refractivity contribution in [3.05, 3.63) is 29.8 Å². The van der Waals surface area contributed by atoms with Crippen LogP contribution < -0.4 is 11.1 Å². The molecule has 0 spiro atoms. The molecule has 1 aromatic rings. The van der Waals surface area contributed by atoms with Crippen molar-refractivity contribution >= 4 is 11.6 Å². The van der Waals surface area contributed by atoms with Gasteiger partial charge in [-0.1, -0.05) is 12.5 Å². The number of nitrogen functional groups attached to an aromatic ring is 1. The smallest absolute Gasteiger partial charge is 0.251 e. The standard InChI is InChI=1S/C13H18N2O2/c14-11-5-1-3-9(7-11)13(17)15-12-6-2-4-10(12)8-16/h1,3,5,7,10,12,16H,2,4,6,8,14H2,(H,15,17).